The lowest BCUT2D eigenvalue weighted by Gasteiger charge is -2.45. The number of morpholine rings is 1. The lowest BCUT2D eigenvalue weighted by atomic mass is 9.92. The fourth-order valence-corrected chi connectivity index (χ4v) is 5.63. The maximum absolute atomic E-state index is 13.8. The molecular formula is C25H36N4O4. The van der Waals surface area contributed by atoms with Gasteiger partial charge in [0.15, 0.2) is 5.58 Å². The molecule has 2 amide bonds. The minimum Gasteiger partial charge on any atom is -0.463 e. The van der Waals surface area contributed by atoms with Crippen LogP contribution < -0.4 is 5.32 Å². The molecule has 2 fully saturated rings. The van der Waals surface area contributed by atoms with Gasteiger partial charge in [-0.2, -0.15) is 0 Å². The van der Waals surface area contributed by atoms with Gasteiger partial charge in [-0.3, -0.25) is 14.5 Å². The molecule has 180 valence electrons. The average molecular weight is 457 g/mol. The Kier molecular flexibility index (Phi) is 6.47. The number of nitrogens with one attached hydrogen (secondary N) is 1. The Bertz CT molecular complexity index is 984. The van der Waals surface area contributed by atoms with Gasteiger partial charge >= 0.3 is 0 Å². The number of carbonyl (C=O) groups excluding carboxylic acids is 2. The van der Waals surface area contributed by atoms with Gasteiger partial charge in [-0.15, -0.1) is 0 Å². The number of nitrogens with zero attached hydrogens (tertiary/aromatic N) is 3. The first-order valence-corrected chi connectivity index (χ1v) is 12.6. The number of aromatic nitrogens is 1. The minimum atomic E-state index is -0.956. The Labute approximate surface area is 195 Å². The second kappa shape index (κ2) is 9.50. The van der Waals surface area contributed by atoms with Gasteiger partial charge in [-0.1, -0.05) is 32.1 Å². The number of rotatable bonds is 5. The Balaban J connectivity index is 1.40. The molecule has 8 nitrogen and oxygen atoms in total. The lowest BCUT2D eigenvalue weighted by molar-refractivity contribution is -0.134. The molecule has 0 radical (unpaired) electrons. The van der Waals surface area contributed by atoms with Crippen LogP contribution in [0.5, 0.6) is 0 Å². The predicted molar refractivity (Wildman–Crippen MR) is 125 cm³/mol. The number of amides is 2. The van der Waals surface area contributed by atoms with E-state index in [4.69, 9.17) is 9.15 Å². The second-order valence-corrected chi connectivity index (χ2v) is 9.99. The number of hydrogen-bond donors (Lipinski definition) is 1. The molecule has 0 bridgehead atoms. The number of fused-ring (bicyclic) bond motifs is 3. The zero-order valence-corrected chi connectivity index (χ0v) is 19.7. The van der Waals surface area contributed by atoms with Crippen LogP contribution in [0.2, 0.25) is 0 Å². The second-order valence-electron chi connectivity index (χ2n) is 9.99. The quantitative estimate of drug-likeness (QED) is 0.748. The standard InChI is InChI=1S/C25H36N4O4/c1-25(24(31)26-19-7-5-3-2-4-6-8-19)18-28-20-9-14-33-22(20)17-21(28)23(30)29(25)11-10-27-12-15-32-16-13-27/h9,14,17,19H,2-8,10-13,15-16,18H2,1H3,(H,26,31)/t25-/m1/s1. The number of furan rings is 1. The molecule has 1 aliphatic carbocycles. The lowest BCUT2D eigenvalue weighted by Crippen LogP contribution is -2.65. The van der Waals surface area contributed by atoms with Gasteiger partial charge in [0.05, 0.1) is 31.5 Å². The van der Waals surface area contributed by atoms with E-state index in [1.807, 2.05) is 23.6 Å². The molecule has 2 aromatic rings. The number of ether oxygens (including phenoxy) is 1. The zero-order valence-electron chi connectivity index (χ0n) is 19.7. The van der Waals surface area contributed by atoms with Crippen molar-refractivity contribution in [3.63, 3.8) is 0 Å². The summed E-state index contributed by atoms with van der Waals surface area (Å²) in [5.74, 6) is -0.143. The number of hydrogen-bond acceptors (Lipinski definition) is 5. The van der Waals surface area contributed by atoms with E-state index in [1.54, 1.807) is 11.2 Å². The summed E-state index contributed by atoms with van der Waals surface area (Å²) in [6, 6.07) is 3.87. The molecule has 1 saturated heterocycles. The summed E-state index contributed by atoms with van der Waals surface area (Å²) >= 11 is 0. The van der Waals surface area contributed by atoms with Gasteiger partial charge < -0.3 is 23.9 Å². The molecule has 1 saturated carbocycles. The molecule has 33 heavy (non-hydrogen) atoms. The van der Waals surface area contributed by atoms with Gasteiger partial charge in [-0.25, -0.2) is 0 Å². The third-order valence-corrected chi connectivity index (χ3v) is 7.72. The fraction of sp³-hybridized carbons (Fsp3) is 0.680. The van der Waals surface area contributed by atoms with Crippen LogP contribution in [0.15, 0.2) is 22.8 Å². The summed E-state index contributed by atoms with van der Waals surface area (Å²) in [5.41, 5.74) is 1.21. The van der Waals surface area contributed by atoms with Crippen LogP contribution in [0.1, 0.15) is 62.4 Å². The van der Waals surface area contributed by atoms with Crippen molar-refractivity contribution in [2.75, 3.05) is 39.4 Å². The Morgan fingerprint density at radius 3 is 2.61 bits per heavy atom. The molecular weight excluding hydrogens is 420 g/mol. The van der Waals surface area contributed by atoms with Gasteiger partial charge in [0, 0.05) is 44.4 Å². The predicted octanol–water partition coefficient (Wildman–Crippen LogP) is 3.01. The summed E-state index contributed by atoms with van der Waals surface area (Å²) in [7, 11) is 0. The van der Waals surface area contributed by atoms with Gasteiger partial charge in [0.2, 0.25) is 5.91 Å². The van der Waals surface area contributed by atoms with Crippen LogP contribution in [0.3, 0.4) is 0 Å². The van der Waals surface area contributed by atoms with E-state index < -0.39 is 5.54 Å². The SMILES string of the molecule is C[C@]1(C(=O)NC2CCCCCCC2)Cn2c(cc3occc32)C(=O)N1CCN1CCOCC1. The van der Waals surface area contributed by atoms with Crippen molar-refractivity contribution in [2.45, 2.75) is 70.0 Å². The van der Waals surface area contributed by atoms with Gasteiger partial charge in [0.1, 0.15) is 11.2 Å². The normalized spacial score (nSPS) is 25.6. The van der Waals surface area contributed by atoms with Crippen LogP contribution in [0, 0.1) is 0 Å². The van der Waals surface area contributed by atoms with E-state index in [-0.39, 0.29) is 17.9 Å². The summed E-state index contributed by atoms with van der Waals surface area (Å²) in [5, 5.41) is 3.35. The molecule has 0 spiro atoms. The summed E-state index contributed by atoms with van der Waals surface area (Å²) in [6.45, 7) is 6.75. The highest BCUT2D eigenvalue weighted by Crippen LogP contribution is 2.33. The highest BCUT2D eigenvalue weighted by Gasteiger charge is 2.48. The van der Waals surface area contributed by atoms with Crippen molar-refractivity contribution in [1.82, 2.24) is 19.7 Å². The molecule has 2 aliphatic heterocycles. The van der Waals surface area contributed by atoms with Crippen molar-refractivity contribution < 1.29 is 18.7 Å². The van der Waals surface area contributed by atoms with E-state index in [0.717, 1.165) is 50.8 Å². The van der Waals surface area contributed by atoms with Crippen LogP contribution in [0.25, 0.3) is 11.1 Å². The van der Waals surface area contributed by atoms with Crippen molar-refractivity contribution in [2.24, 2.45) is 0 Å². The summed E-state index contributed by atoms with van der Waals surface area (Å²) < 4.78 is 13.0. The summed E-state index contributed by atoms with van der Waals surface area (Å²) in [4.78, 5) is 31.6. The number of carbonyl (C=O) groups is 2. The molecule has 8 heteroatoms. The fourth-order valence-electron chi connectivity index (χ4n) is 5.63. The monoisotopic (exact) mass is 456 g/mol. The van der Waals surface area contributed by atoms with Crippen molar-refractivity contribution in [1.29, 1.82) is 0 Å². The average Bonchev–Trinajstić information content (AvgIpc) is 3.38. The molecule has 4 heterocycles. The van der Waals surface area contributed by atoms with E-state index in [2.05, 4.69) is 10.2 Å². The maximum Gasteiger partial charge on any atom is 0.271 e. The van der Waals surface area contributed by atoms with E-state index in [1.165, 1.54) is 19.3 Å². The van der Waals surface area contributed by atoms with E-state index in [9.17, 15) is 9.59 Å². The van der Waals surface area contributed by atoms with Crippen molar-refractivity contribution in [3.05, 3.63) is 24.1 Å². The van der Waals surface area contributed by atoms with Crippen molar-refractivity contribution in [3.8, 4) is 0 Å². The highest BCUT2D eigenvalue weighted by molar-refractivity contribution is 6.02. The summed E-state index contributed by atoms with van der Waals surface area (Å²) in [6.07, 6.45) is 9.74. The van der Waals surface area contributed by atoms with Crippen LogP contribution in [-0.2, 0) is 16.1 Å². The topological polar surface area (TPSA) is 80.0 Å². The third-order valence-electron chi connectivity index (χ3n) is 7.72. The maximum atomic E-state index is 13.8. The minimum absolute atomic E-state index is 0.0422. The molecule has 2 aromatic heterocycles. The molecule has 0 aromatic carbocycles. The first-order valence-electron chi connectivity index (χ1n) is 12.6. The van der Waals surface area contributed by atoms with Gasteiger partial charge in [-0.05, 0) is 19.8 Å². The Hall–Kier alpha value is -2.32. The molecule has 1 N–H and O–H groups in total. The van der Waals surface area contributed by atoms with E-state index in [0.29, 0.717) is 37.6 Å². The van der Waals surface area contributed by atoms with Gasteiger partial charge in [0.25, 0.3) is 5.91 Å². The zero-order chi connectivity index (χ0) is 22.8. The Morgan fingerprint density at radius 2 is 1.85 bits per heavy atom. The Morgan fingerprint density at radius 1 is 1.12 bits per heavy atom. The first-order chi connectivity index (χ1) is 16.1. The molecule has 0 unspecified atom stereocenters. The van der Waals surface area contributed by atoms with E-state index >= 15 is 0 Å². The molecule has 1 atom stereocenters. The third kappa shape index (κ3) is 4.43. The molecule has 3 aliphatic rings. The van der Waals surface area contributed by atoms with Crippen LogP contribution >= 0.6 is 0 Å². The smallest absolute Gasteiger partial charge is 0.271 e. The van der Waals surface area contributed by atoms with Crippen LogP contribution in [-0.4, -0.2) is 77.2 Å². The van der Waals surface area contributed by atoms with Crippen LogP contribution in [0.4, 0.5) is 0 Å². The highest BCUT2D eigenvalue weighted by atomic mass is 16.5. The largest absolute Gasteiger partial charge is 0.463 e. The van der Waals surface area contributed by atoms with Crippen molar-refractivity contribution >= 4 is 22.9 Å². The first kappa shape index (κ1) is 22.5. The molecule has 5 rings (SSSR count).